The van der Waals surface area contributed by atoms with E-state index in [1.54, 1.807) is 0 Å². The predicted molar refractivity (Wildman–Crippen MR) is 276 cm³/mol. The summed E-state index contributed by atoms with van der Waals surface area (Å²) in [5, 5.41) is 30.7. The Morgan fingerprint density at radius 2 is 0.886 bits per heavy atom. The molecule has 0 aromatic rings. The molecule has 4 aliphatic heterocycles. The third kappa shape index (κ3) is 22.7. The molecule has 0 bridgehead atoms. The van der Waals surface area contributed by atoms with Crippen LogP contribution in [-0.2, 0) is 28.8 Å². The van der Waals surface area contributed by atoms with Gasteiger partial charge in [-0.25, -0.2) is 9.59 Å². The van der Waals surface area contributed by atoms with Crippen molar-refractivity contribution in [1.82, 2.24) is 63.0 Å². The van der Waals surface area contributed by atoms with Gasteiger partial charge in [0.2, 0.25) is 35.4 Å². The summed E-state index contributed by atoms with van der Waals surface area (Å²) in [6.07, 6.45) is 13.5. The van der Waals surface area contributed by atoms with Crippen molar-refractivity contribution in [3.05, 3.63) is 25.3 Å². The summed E-state index contributed by atoms with van der Waals surface area (Å²) in [5.41, 5.74) is 0. The summed E-state index contributed by atoms with van der Waals surface area (Å²) >= 11 is 3.76. The highest BCUT2D eigenvalue weighted by Crippen LogP contribution is 2.34. The molecule has 10 N–H and O–H groups in total. The van der Waals surface area contributed by atoms with Crippen molar-refractivity contribution in [1.29, 1.82) is 0 Å². The zero-order valence-electron chi connectivity index (χ0n) is 41.2. The van der Waals surface area contributed by atoms with Crippen molar-refractivity contribution in [2.45, 2.75) is 137 Å². The lowest BCUT2D eigenvalue weighted by Crippen LogP contribution is -2.38. The van der Waals surface area contributed by atoms with Crippen LogP contribution in [0, 0.1) is 0 Å². The Morgan fingerprint density at radius 3 is 1.29 bits per heavy atom. The highest BCUT2D eigenvalue weighted by Gasteiger charge is 2.43. The zero-order valence-corrected chi connectivity index (χ0v) is 42.9. The van der Waals surface area contributed by atoms with Gasteiger partial charge in [-0.1, -0.05) is 26.0 Å². The Kier molecular flexibility index (Phi) is 28.1. The number of nitrogens with zero attached hydrogens (tertiary/aromatic N) is 2. The molecular formula is C48H82N12O8S2. The average Bonchev–Trinajstić information content (AvgIpc) is 4.12. The van der Waals surface area contributed by atoms with E-state index in [1.165, 1.54) is 12.2 Å². The average molecular weight is 1020 g/mol. The standard InChI is InChI=1S/C48H82N12O8S2/c1-3-39(61)51-21-9-11-29-59(43(65)19-23-49-25-27-53-41(63)17-7-5-15-37-45-35(33-69-37)55-47(67)57-45)31-13-14-32-60(30-12-10-22-52-40(62)4-2)44(66)20-24-50-26-28-54-42(64)18-8-6-16-38-46-36(34-70-38)56-48(68)58-46/h3-4,35-38,45-46,49-50H,1-2,5-34H2,(H,51,61)(H,52,62)(H,53,63)(H,54,64)(H2,55,57,67)(H2,56,58,68)/t35-,36-,37-,38-,45-,46-/m1/s1. The van der Waals surface area contributed by atoms with E-state index in [0.717, 1.165) is 50.0 Å². The summed E-state index contributed by atoms with van der Waals surface area (Å²) in [4.78, 5) is 102. The summed E-state index contributed by atoms with van der Waals surface area (Å²) in [6, 6.07) is 0.580. The Balaban J connectivity index is 1.10. The lowest BCUT2D eigenvalue weighted by Gasteiger charge is -2.25. The molecule has 0 aromatic carbocycles. The van der Waals surface area contributed by atoms with E-state index in [0.29, 0.717) is 153 Å². The molecule has 4 rings (SSSR count). The van der Waals surface area contributed by atoms with Crippen LogP contribution in [0.5, 0.6) is 0 Å². The van der Waals surface area contributed by atoms with Gasteiger partial charge in [-0.15, -0.1) is 0 Å². The molecule has 70 heavy (non-hydrogen) atoms. The van der Waals surface area contributed by atoms with Crippen LogP contribution >= 0.6 is 23.5 Å². The normalized spacial score (nSPS) is 20.7. The van der Waals surface area contributed by atoms with Crippen molar-refractivity contribution in [2.24, 2.45) is 0 Å². The fourth-order valence-corrected chi connectivity index (χ4v) is 12.1. The number of hydrogen-bond donors (Lipinski definition) is 10. The first-order valence-electron chi connectivity index (χ1n) is 25.7. The van der Waals surface area contributed by atoms with Gasteiger partial charge in [0.25, 0.3) is 0 Å². The molecule has 20 nitrogen and oxygen atoms in total. The van der Waals surface area contributed by atoms with Crippen LogP contribution in [-0.4, -0.2) is 182 Å². The Hall–Kier alpha value is -4.54. The summed E-state index contributed by atoms with van der Waals surface area (Å²) in [5.74, 6) is 1.41. The monoisotopic (exact) mass is 1020 g/mol. The summed E-state index contributed by atoms with van der Waals surface area (Å²) < 4.78 is 0. The minimum Gasteiger partial charge on any atom is -0.355 e. The predicted octanol–water partition coefficient (Wildman–Crippen LogP) is 1.23. The second-order valence-electron chi connectivity index (χ2n) is 18.3. The molecule has 4 fully saturated rings. The van der Waals surface area contributed by atoms with Crippen LogP contribution in [0.1, 0.15) is 103 Å². The summed E-state index contributed by atoms with van der Waals surface area (Å²) in [6.45, 7) is 13.0. The molecular weight excluding hydrogens is 937 g/mol. The highest BCUT2D eigenvalue weighted by atomic mass is 32.2. The van der Waals surface area contributed by atoms with E-state index in [9.17, 15) is 38.4 Å². The maximum Gasteiger partial charge on any atom is 0.315 e. The first-order chi connectivity index (χ1) is 34.0. The Labute approximate surface area is 423 Å². The lowest BCUT2D eigenvalue weighted by atomic mass is 10.0. The molecule has 0 aromatic heterocycles. The number of nitrogens with one attached hydrogen (secondary N) is 10. The van der Waals surface area contributed by atoms with E-state index in [4.69, 9.17) is 0 Å². The van der Waals surface area contributed by atoms with Crippen molar-refractivity contribution in [3.63, 3.8) is 0 Å². The van der Waals surface area contributed by atoms with E-state index in [1.807, 2.05) is 33.3 Å². The van der Waals surface area contributed by atoms with Gasteiger partial charge < -0.3 is 63.0 Å². The number of urea groups is 2. The van der Waals surface area contributed by atoms with Gasteiger partial charge in [0, 0.05) is 126 Å². The minimum atomic E-state index is -0.234. The smallest absolute Gasteiger partial charge is 0.315 e. The number of amides is 10. The molecule has 0 saturated carbocycles. The third-order valence-electron chi connectivity index (χ3n) is 12.9. The van der Waals surface area contributed by atoms with Crippen LogP contribution in [0.2, 0.25) is 0 Å². The molecule has 394 valence electrons. The number of fused-ring (bicyclic) bond motifs is 2. The largest absolute Gasteiger partial charge is 0.355 e. The second-order valence-corrected chi connectivity index (χ2v) is 20.9. The van der Waals surface area contributed by atoms with E-state index < -0.39 is 0 Å². The van der Waals surface area contributed by atoms with Crippen LogP contribution in [0.3, 0.4) is 0 Å². The highest BCUT2D eigenvalue weighted by molar-refractivity contribution is 8.00. The number of carbonyl (C=O) groups is 8. The molecule has 4 aliphatic rings. The van der Waals surface area contributed by atoms with Gasteiger partial charge >= 0.3 is 12.1 Å². The topological polar surface area (TPSA) is 263 Å². The van der Waals surface area contributed by atoms with Crippen LogP contribution < -0.4 is 53.2 Å². The molecule has 0 aliphatic carbocycles. The van der Waals surface area contributed by atoms with E-state index in [2.05, 4.69) is 66.3 Å². The molecule has 0 radical (unpaired) electrons. The lowest BCUT2D eigenvalue weighted by molar-refractivity contribution is -0.132. The second kappa shape index (κ2) is 33.9. The molecule has 0 unspecified atom stereocenters. The third-order valence-corrected chi connectivity index (χ3v) is 15.9. The first kappa shape index (κ1) is 58.0. The summed E-state index contributed by atoms with van der Waals surface area (Å²) in [7, 11) is 0. The fourth-order valence-electron chi connectivity index (χ4n) is 9.01. The number of thioether (sulfide) groups is 2. The molecule has 6 atom stereocenters. The van der Waals surface area contributed by atoms with Crippen molar-refractivity contribution < 1.29 is 38.4 Å². The Morgan fingerprint density at radius 1 is 0.486 bits per heavy atom. The van der Waals surface area contributed by atoms with Crippen molar-refractivity contribution >= 4 is 71.0 Å². The van der Waals surface area contributed by atoms with Gasteiger partial charge in [0.1, 0.15) is 0 Å². The van der Waals surface area contributed by atoms with Gasteiger partial charge in [-0.2, -0.15) is 23.5 Å². The molecule has 22 heteroatoms. The maximum atomic E-state index is 13.5. The van der Waals surface area contributed by atoms with Crippen molar-refractivity contribution in [3.8, 4) is 0 Å². The van der Waals surface area contributed by atoms with Crippen LogP contribution in [0.15, 0.2) is 25.3 Å². The van der Waals surface area contributed by atoms with Gasteiger partial charge in [0.05, 0.1) is 24.2 Å². The number of unbranched alkanes of at least 4 members (excludes halogenated alkanes) is 5. The van der Waals surface area contributed by atoms with Gasteiger partial charge in [0.15, 0.2) is 0 Å². The quantitative estimate of drug-likeness (QED) is 0.0237. The van der Waals surface area contributed by atoms with E-state index in [-0.39, 0.29) is 71.7 Å². The number of rotatable bonds is 39. The molecule has 4 saturated heterocycles. The van der Waals surface area contributed by atoms with Crippen LogP contribution in [0.25, 0.3) is 0 Å². The van der Waals surface area contributed by atoms with Gasteiger partial charge in [-0.05, 0) is 76.4 Å². The van der Waals surface area contributed by atoms with Gasteiger partial charge in [-0.3, -0.25) is 28.8 Å². The first-order valence-corrected chi connectivity index (χ1v) is 27.7. The number of carbonyl (C=O) groups excluding carboxylic acids is 8. The Bertz CT molecular complexity index is 1590. The van der Waals surface area contributed by atoms with Crippen molar-refractivity contribution in [2.75, 3.05) is 90.0 Å². The van der Waals surface area contributed by atoms with E-state index >= 15 is 0 Å². The molecule has 4 heterocycles. The van der Waals surface area contributed by atoms with Crippen LogP contribution in [0.4, 0.5) is 9.59 Å². The maximum absolute atomic E-state index is 13.5. The molecule has 0 spiro atoms. The minimum absolute atomic E-state index is 0.00366. The number of hydrogen-bond acceptors (Lipinski definition) is 12. The molecule has 10 amide bonds. The zero-order chi connectivity index (χ0) is 50.4. The SMILES string of the molecule is C=CC(=O)NCCCCN(CCCCN(CCCCNC(=O)C=C)C(=O)CCNCCNC(=O)CCCC[C@H]1SC[C@H]2NC(=O)N[C@H]21)C(=O)CCNCCNC(=O)CCCC[C@H]1SC[C@H]2NC(=O)N[C@H]21. The fraction of sp³-hybridized carbons (Fsp3) is 0.750.